The van der Waals surface area contributed by atoms with Crippen molar-refractivity contribution in [3.05, 3.63) is 77.9 Å². The van der Waals surface area contributed by atoms with Crippen LogP contribution in [0.2, 0.25) is 0 Å². The minimum Gasteiger partial charge on any atom is -0.293 e. The van der Waals surface area contributed by atoms with Gasteiger partial charge in [-0.2, -0.15) is 0 Å². The van der Waals surface area contributed by atoms with Gasteiger partial charge in [0.25, 0.3) is 0 Å². The van der Waals surface area contributed by atoms with Crippen LogP contribution in [-0.4, -0.2) is 5.78 Å². The van der Waals surface area contributed by atoms with E-state index in [0.29, 0.717) is 0 Å². The number of hydrogen-bond donors (Lipinski definition) is 0. The van der Waals surface area contributed by atoms with Gasteiger partial charge < -0.3 is 0 Å². The molecule has 0 N–H and O–H groups in total. The lowest BCUT2D eigenvalue weighted by Gasteiger charge is -2.27. The summed E-state index contributed by atoms with van der Waals surface area (Å²) < 4.78 is 0. The Labute approximate surface area is 120 Å². The molecule has 0 unspecified atom stereocenters. The Bertz CT molecular complexity index is 640. The third kappa shape index (κ3) is 2.09. The fourth-order valence-corrected chi connectivity index (χ4v) is 3.06. The fourth-order valence-electron chi connectivity index (χ4n) is 3.06. The summed E-state index contributed by atoms with van der Waals surface area (Å²) in [6, 6.07) is 19.9. The Hall–Kier alpha value is -2.15. The number of allylic oxidation sites excluding steroid dienone is 2. The molecule has 0 saturated carbocycles. The van der Waals surface area contributed by atoms with E-state index in [-0.39, 0.29) is 5.78 Å². The second-order valence-electron chi connectivity index (χ2n) is 5.55. The van der Waals surface area contributed by atoms with E-state index in [1.165, 1.54) is 5.57 Å². The van der Waals surface area contributed by atoms with Gasteiger partial charge in [-0.15, -0.1) is 0 Å². The largest absolute Gasteiger partial charge is 0.293 e. The highest BCUT2D eigenvalue weighted by Crippen LogP contribution is 2.46. The van der Waals surface area contributed by atoms with Crippen LogP contribution in [-0.2, 0) is 0 Å². The zero-order chi connectivity index (χ0) is 14.0. The van der Waals surface area contributed by atoms with E-state index >= 15 is 0 Å². The number of carbonyl (C=O) groups excluding carboxylic acids is 1. The molecule has 0 aromatic heterocycles. The lowest BCUT2D eigenvalue weighted by atomic mass is 9.74. The molecule has 0 bridgehead atoms. The molecule has 1 aliphatic carbocycles. The van der Waals surface area contributed by atoms with Crippen LogP contribution in [0, 0.1) is 5.41 Å². The van der Waals surface area contributed by atoms with Crippen molar-refractivity contribution in [1.82, 2.24) is 0 Å². The van der Waals surface area contributed by atoms with Crippen molar-refractivity contribution in [2.45, 2.75) is 19.8 Å². The SMILES string of the molecule is C[C@@]1(C(=O)c2ccccc2)CCC=C1c1ccccc1. The average Bonchev–Trinajstić information content (AvgIpc) is 2.91. The molecule has 100 valence electrons. The third-order valence-corrected chi connectivity index (χ3v) is 4.21. The molecular weight excluding hydrogens is 244 g/mol. The standard InChI is InChI=1S/C19H18O/c1-19(18(20)16-11-6-3-7-12-16)14-8-13-17(19)15-9-4-2-5-10-15/h2-7,9-13H,8,14H2,1H3/t19-/m1/s1. The maximum absolute atomic E-state index is 12.9. The Balaban J connectivity index is 2.00. The molecule has 1 nitrogen and oxygen atoms in total. The van der Waals surface area contributed by atoms with E-state index in [1.807, 2.05) is 48.5 Å². The van der Waals surface area contributed by atoms with Gasteiger partial charge in [0.15, 0.2) is 5.78 Å². The van der Waals surface area contributed by atoms with Crippen molar-refractivity contribution < 1.29 is 4.79 Å². The molecule has 0 spiro atoms. The molecule has 1 aliphatic rings. The Kier molecular flexibility index (Phi) is 3.27. The minimum atomic E-state index is -0.400. The maximum Gasteiger partial charge on any atom is 0.173 e. The molecule has 0 aliphatic heterocycles. The predicted molar refractivity (Wildman–Crippen MR) is 82.5 cm³/mol. The van der Waals surface area contributed by atoms with Crippen LogP contribution in [0.25, 0.3) is 5.57 Å². The lowest BCUT2D eigenvalue weighted by Crippen LogP contribution is -2.27. The number of benzene rings is 2. The molecule has 0 fully saturated rings. The Morgan fingerprint density at radius 2 is 1.55 bits per heavy atom. The minimum absolute atomic E-state index is 0.228. The first kappa shape index (κ1) is 12.9. The molecule has 2 aromatic rings. The first-order chi connectivity index (χ1) is 9.72. The van der Waals surface area contributed by atoms with E-state index in [4.69, 9.17) is 0 Å². The van der Waals surface area contributed by atoms with Crippen LogP contribution in [0.15, 0.2) is 66.7 Å². The number of Topliss-reactive ketones (excluding diaryl/α,β-unsaturated/α-hetero) is 1. The average molecular weight is 262 g/mol. The van der Waals surface area contributed by atoms with Crippen molar-refractivity contribution in [3.63, 3.8) is 0 Å². The van der Waals surface area contributed by atoms with Crippen LogP contribution in [0.1, 0.15) is 35.7 Å². The van der Waals surface area contributed by atoms with Crippen molar-refractivity contribution >= 4 is 11.4 Å². The smallest absolute Gasteiger partial charge is 0.173 e. The normalized spacial score (nSPS) is 21.6. The number of rotatable bonds is 3. The van der Waals surface area contributed by atoms with Crippen molar-refractivity contribution in [1.29, 1.82) is 0 Å². The molecule has 20 heavy (non-hydrogen) atoms. The lowest BCUT2D eigenvalue weighted by molar-refractivity contribution is 0.0877. The first-order valence-corrected chi connectivity index (χ1v) is 7.08. The molecule has 1 heteroatoms. The summed E-state index contributed by atoms with van der Waals surface area (Å²) in [6.45, 7) is 2.08. The predicted octanol–water partition coefficient (Wildman–Crippen LogP) is 4.75. The summed E-state index contributed by atoms with van der Waals surface area (Å²) in [5, 5.41) is 0. The summed E-state index contributed by atoms with van der Waals surface area (Å²) in [7, 11) is 0. The summed E-state index contributed by atoms with van der Waals surface area (Å²) in [5.74, 6) is 0.228. The summed E-state index contributed by atoms with van der Waals surface area (Å²) in [4.78, 5) is 12.9. The maximum atomic E-state index is 12.9. The second kappa shape index (κ2) is 5.09. The number of carbonyl (C=O) groups is 1. The van der Waals surface area contributed by atoms with Gasteiger partial charge in [-0.3, -0.25) is 4.79 Å². The van der Waals surface area contributed by atoms with Gasteiger partial charge in [0.2, 0.25) is 0 Å². The van der Waals surface area contributed by atoms with E-state index in [0.717, 1.165) is 24.0 Å². The van der Waals surface area contributed by atoms with E-state index in [1.54, 1.807) is 0 Å². The zero-order valence-corrected chi connectivity index (χ0v) is 11.7. The molecule has 2 aromatic carbocycles. The monoisotopic (exact) mass is 262 g/mol. The van der Waals surface area contributed by atoms with Crippen LogP contribution >= 0.6 is 0 Å². The Morgan fingerprint density at radius 1 is 0.950 bits per heavy atom. The molecule has 3 rings (SSSR count). The van der Waals surface area contributed by atoms with E-state index < -0.39 is 5.41 Å². The molecule has 0 amide bonds. The molecule has 0 heterocycles. The Morgan fingerprint density at radius 3 is 2.20 bits per heavy atom. The summed E-state index contributed by atoms with van der Waals surface area (Å²) >= 11 is 0. The molecule has 1 atom stereocenters. The van der Waals surface area contributed by atoms with Gasteiger partial charge >= 0.3 is 0 Å². The molecule has 0 saturated heterocycles. The highest BCUT2D eigenvalue weighted by atomic mass is 16.1. The van der Waals surface area contributed by atoms with Crippen LogP contribution in [0.4, 0.5) is 0 Å². The second-order valence-corrected chi connectivity index (χ2v) is 5.55. The van der Waals surface area contributed by atoms with Crippen molar-refractivity contribution in [2.75, 3.05) is 0 Å². The number of hydrogen-bond acceptors (Lipinski definition) is 1. The van der Waals surface area contributed by atoms with Crippen LogP contribution < -0.4 is 0 Å². The van der Waals surface area contributed by atoms with Crippen molar-refractivity contribution in [2.24, 2.45) is 5.41 Å². The van der Waals surface area contributed by atoms with Gasteiger partial charge in [-0.05, 0) is 30.9 Å². The zero-order valence-electron chi connectivity index (χ0n) is 11.7. The van der Waals surface area contributed by atoms with Gasteiger partial charge in [-0.1, -0.05) is 66.7 Å². The van der Waals surface area contributed by atoms with Crippen LogP contribution in [0.3, 0.4) is 0 Å². The van der Waals surface area contributed by atoms with E-state index in [9.17, 15) is 4.79 Å². The topological polar surface area (TPSA) is 17.1 Å². The van der Waals surface area contributed by atoms with E-state index in [2.05, 4.69) is 25.1 Å². The highest BCUT2D eigenvalue weighted by molar-refractivity contribution is 6.08. The fraction of sp³-hybridized carbons (Fsp3) is 0.211. The summed E-state index contributed by atoms with van der Waals surface area (Å²) in [6.07, 6.45) is 4.08. The van der Waals surface area contributed by atoms with Crippen LogP contribution in [0.5, 0.6) is 0 Å². The van der Waals surface area contributed by atoms with Crippen molar-refractivity contribution in [3.8, 4) is 0 Å². The quantitative estimate of drug-likeness (QED) is 0.729. The molecular formula is C19H18O. The number of ketones is 1. The van der Waals surface area contributed by atoms with Gasteiger partial charge in [0.1, 0.15) is 0 Å². The third-order valence-electron chi connectivity index (χ3n) is 4.21. The highest BCUT2D eigenvalue weighted by Gasteiger charge is 2.40. The van der Waals surface area contributed by atoms with Gasteiger partial charge in [0, 0.05) is 5.56 Å². The van der Waals surface area contributed by atoms with Gasteiger partial charge in [-0.25, -0.2) is 0 Å². The van der Waals surface area contributed by atoms with Gasteiger partial charge in [0.05, 0.1) is 5.41 Å². The summed E-state index contributed by atoms with van der Waals surface area (Å²) in [5.41, 5.74) is 2.74. The molecule has 0 radical (unpaired) electrons. The first-order valence-electron chi connectivity index (χ1n) is 7.08.